The molecule has 0 aliphatic carbocycles. The van der Waals surface area contributed by atoms with E-state index in [-0.39, 0.29) is 0 Å². The highest BCUT2D eigenvalue weighted by Crippen LogP contribution is 2.26. The Bertz CT molecular complexity index is 507. The number of benzene rings is 2. The fraction of sp³-hybridized carbons (Fsp3) is 0. The maximum Gasteiger partial charge on any atom is 0.0645 e. The maximum absolute atomic E-state index is 5.89. The molecule has 2 rings (SSSR count). The molecule has 0 saturated carbocycles. The average Bonchev–Trinajstić information content (AvgIpc) is 2.32. The largest absolute Gasteiger partial charge is 0.256 e. The molecule has 80 valence electrons. The number of hydrogen-bond acceptors (Lipinski definition) is 1. The van der Waals surface area contributed by atoms with Crippen molar-refractivity contribution in [2.75, 3.05) is 0 Å². The molecule has 0 heterocycles. The number of aliphatic imine (C=N–C) groups is 1. The Balaban J connectivity index is 2.21. The molecular formula is C13H9Cl2N. The Morgan fingerprint density at radius 3 is 2.31 bits per heavy atom. The van der Waals surface area contributed by atoms with Gasteiger partial charge in [-0.15, -0.1) is 0 Å². The van der Waals surface area contributed by atoms with E-state index in [2.05, 4.69) is 4.99 Å². The molecule has 3 heteroatoms. The van der Waals surface area contributed by atoms with Gasteiger partial charge in [-0.3, -0.25) is 4.99 Å². The molecule has 0 fully saturated rings. The van der Waals surface area contributed by atoms with Gasteiger partial charge in [-0.25, -0.2) is 0 Å². The quantitative estimate of drug-likeness (QED) is 0.682. The highest BCUT2D eigenvalue weighted by Gasteiger charge is 1.97. The Morgan fingerprint density at radius 1 is 0.875 bits per heavy atom. The first-order valence-corrected chi connectivity index (χ1v) is 5.55. The summed E-state index contributed by atoms with van der Waals surface area (Å²) in [5, 5.41) is 1.06. The molecule has 2 aromatic rings. The molecular weight excluding hydrogens is 241 g/mol. The van der Waals surface area contributed by atoms with Gasteiger partial charge in [0.1, 0.15) is 0 Å². The lowest BCUT2D eigenvalue weighted by Gasteiger charge is -1.97. The summed E-state index contributed by atoms with van der Waals surface area (Å²) in [5.41, 5.74) is 1.84. The fourth-order valence-corrected chi connectivity index (χ4v) is 1.55. The second-order valence-electron chi connectivity index (χ2n) is 3.27. The van der Waals surface area contributed by atoms with Crippen LogP contribution in [-0.2, 0) is 0 Å². The van der Waals surface area contributed by atoms with E-state index in [4.69, 9.17) is 23.2 Å². The summed E-state index contributed by atoms with van der Waals surface area (Å²) < 4.78 is 0. The molecule has 0 aliphatic rings. The zero-order valence-electron chi connectivity index (χ0n) is 8.40. The van der Waals surface area contributed by atoms with Crippen molar-refractivity contribution < 1.29 is 0 Å². The van der Waals surface area contributed by atoms with Gasteiger partial charge in [0.15, 0.2) is 0 Å². The molecule has 0 atom stereocenters. The van der Waals surface area contributed by atoms with Crippen molar-refractivity contribution in [2.45, 2.75) is 0 Å². The minimum Gasteiger partial charge on any atom is -0.256 e. The van der Waals surface area contributed by atoms with Gasteiger partial charge in [-0.2, -0.15) is 0 Å². The van der Waals surface area contributed by atoms with Crippen molar-refractivity contribution in [2.24, 2.45) is 4.99 Å². The van der Waals surface area contributed by atoms with Gasteiger partial charge in [0.05, 0.1) is 15.7 Å². The standard InChI is InChI=1S/C13H9Cl2N/c14-12-7-6-11(8-13(12)15)16-9-10-4-2-1-3-5-10/h1-9H/b16-9+. The first kappa shape index (κ1) is 11.2. The molecule has 0 aromatic heterocycles. The van der Waals surface area contributed by atoms with Crippen LogP contribution in [0.2, 0.25) is 10.0 Å². The van der Waals surface area contributed by atoms with E-state index in [0.29, 0.717) is 10.0 Å². The molecule has 16 heavy (non-hydrogen) atoms. The van der Waals surface area contributed by atoms with Crippen LogP contribution < -0.4 is 0 Å². The molecule has 1 nitrogen and oxygen atoms in total. The topological polar surface area (TPSA) is 12.4 Å². The van der Waals surface area contributed by atoms with E-state index in [0.717, 1.165) is 11.3 Å². The molecule has 0 amide bonds. The predicted molar refractivity (Wildman–Crippen MR) is 70.2 cm³/mol. The van der Waals surface area contributed by atoms with E-state index in [1.54, 1.807) is 18.3 Å². The van der Waals surface area contributed by atoms with Gasteiger partial charge in [0.25, 0.3) is 0 Å². The first-order chi connectivity index (χ1) is 7.75. The highest BCUT2D eigenvalue weighted by molar-refractivity contribution is 6.42. The summed E-state index contributed by atoms with van der Waals surface area (Å²) in [7, 11) is 0. The van der Waals surface area contributed by atoms with Crippen LogP contribution in [0.25, 0.3) is 0 Å². The molecule has 0 aliphatic heterocycles. The number of nitrogens with zero attached hydrogens (tertiary/aromatic N) is 1. The average molecular weight is 250 g/mol. The van der Waals surface area contributed by atoms with Crippen LogP contribution in [0.4, 0.5) is 5.69 Å². The number of hydrogen-bond donors (Lipinski definition) is 0. The van der Waals surface area contributed by atoms with Crippen molar-refractivity contribution >= 4 is 35.1 Å². The first-order valence-electron chi connectivity index (χ1n) is 4.80. The third-order valence-electron chi connectivity index (χ3n) is 2.07. The van der Waals surface area contributed by atoms with Crippen LogP contribution >= 0.6 is 23.2 Å². The number of halogens is 2. The minimum atomic E-state index is 0.518. The van der Waals surface area contributed by atoms with Gasteiger partial charge in [-0.1, -0.05) is 53.5 Å². The summed E-state index contributed by atoms with van der Waals surface area (Å²) >= 11 is 11.7. The second kappa shape index (κ2) is 5.15. The van der Waals surface area contributed by atoms with Crippen molar-refractivity contribution in [1.29, 1.82) is 0 Å². The molecule has 0 bridgehead atoms. The van der Waals surface area contributed by atoms with E-state index >= 15 is 0 Å². The maximum atomic E-state index is 5.89. The monoisotopic (exact) mass is 249 g/mol. The summed E-state index contributed by atoms with van der Waals surface area (Å²) in [5.74, 6) is 0. The highest BCUT2D eigenvalue weighted by atomic mass is 35.5. The lowest BCUT2D eigenvalue weighted by molar-refractivity contribution is 1.52. The van der Waals surface area contributed by atoms with Gasteiger partial charge in [0.2, 0.25) is 0 Å². The zero-order valence-corrected chi connectivity index (χ0v) is 9.91. The minimum absolute atomic E-state index is 0.518. The van der Waals surface area contributed by atoms with E-state index in [1.165, 1.54) is 0 Å². The van der Waals surface area contributed by atoms with E-state index < -0.39 is 0 Å². The Hall–Kier alpha value is -1.31. The van der Waals surface area contributed by atoms with Crippen molar-refractivity contribution in [3.63, 3.8) is 0 Å². The summed E-state index contributed by atoms with van der Waals surface area (Å²) in [6.45, 7) is 0. The summed E-state index contributed by atoms with van der Waals surface area (Å²) in [6, 6.07) is 15.2. The summed E-state index contributed by atoms with van der Waals surface area (Å²) in [4.78, 5) is 4.31. The van der Waals surface area contributed by atoms with Gasteiger partial charge in [-0.05, 0) is 23.8 Å². The second-order valence-corrected chi connectivity index (χ2v) is 4.08. The van der Waals surface area contributed by atoms with Crippen molar-refractivity contribution in [3.05, 3.63) is 64.1 Å². The molecule has 0 unspecified atom stereocenters. The lowest BCUT2D eigenvalue weighted by atomic mass is 10.2. The fourth-order valence-electron chi connectivity index (χ4n) is 1.25. The van der Waals surface area contributed by atoms with Crippen LogP contribution in [0.3, 0.4) is 0 Å². The molecule has 0 saturated heterocycles. The van der Waals surface area contributed by atoms with E-state index in [9.17, 15) is 0 Å². The predicted octanol–water partition coefficient (Wildman–Crippen LogP) is 4.74. The molecule has 0 N–H and O–H groups in total. The lowest BCUT2D eigenvalue weighted by Crippen LogP contribution is -1.78. The Morgan fingerprint density at radius 2 is 1.62 bits per heavy atom. The molecule has 2 aromatic carbocycles. The Kier molecular flexibility index (Phi) is 3.60. The van der Waals surface area contributed by atoms with Crippen molar-refractivity contribution in [3.8, 4) is 0 Å². The third-order valence-corrected chi connectivity index (χ3v) is 2.80. The third kappa shape index (κ3) is 2.84. The van der Waals surface area contributed by atoms with Gasteiger partial charge in [0, 0.05) is 6.21 Å². The summed E-state index contributed by atoms with van der Waals surface area (Å²) in [6.07, 6.45) is 1.79. The van der Waals surface area contributed by atoms with Crippen LogP contribution in [0.5, 0.6) is 0 Å². The smallest absolute Gasteiger partial charge is 0.0645 e. The molecule has 0 spiro atoms. The van der Waals surface area contributed by atoms with Gasteiger partial charge >= 0.3 is 0 Å². The van der Waals surface area contributed by atoms with Crippen molar-refractivity contribution in [1.82, 2.24) is 0 Å². The Labute approximate surface area is 104 Å². The molecule has 0 radical (unpaired) electrons. The van der Waals surface area contributed by atoms with E-state index in [1.807, 2.05) is 36.4 Å². The SMILES string of the molecule is Clc1ccc(/N=C/c2ccccc2)cc1Cl. The van der Waals surface area contributed by atoms with Crippen LogP contribution in [-0.4, -0.2) is 6.21 Å². The van der Waals surface area contributed by atoms with Crippen LogP contribution in [0.15, 0.2) is 53.5 Å². The number of rotatable bonds is 2. The normalized spacial score (nSPS) is 10.9. The van der Waals surface area contributed by atoms with Crippen LogP contribution in [0, 0.1) is 0 Å². The van der Waals surface area contributed by atoms with Crippen LogP contribution in [0.1, 0.15) is 5.56 Å². The van der Waals surface area contributed by atoms with Gasteiger partial charge < -0.3 is 0 Å². The zero-order chi connectivity index (χ0) is 11.4.